The van der Waals surface area contributed by atoms with E-state index in [0.29, 0.717) is 18.0 Å². The van der Waals surface area contributed by atoms with Crippen molar-refractivity contribution in [1.29, 1.82) is 5.26 Å². The quantitative estimate of drug-likeness (QED) is 0.506. The molecule has 7 nitrogen and oxygen atoms in total. The minimum Gasteiger partial charge on any atom is -0.497 e. The number of piperidine rings is 1. The van der Waals surface area contributed by atoms with Gasteiger partial charge in [0.1, 0.15) is 11.4 Å². The van der Waals surface area contributed by atoms with E-state index in [0.717, 1.165) is 25.9 Å². The number of ether oxygens (including phenoxy) is 1. The Morgan fingerprint density at radius 2 is 2.24 bits per heavy atom. The Labute approximate surface area is 123 Å². The third-order valence-corrected chi connectivity index (χ3v) is 3.64. The number of benzene rings is 1. The van der Waals surface area contributed by atoms with Gasteiger partial charge in [-0.3, -0.25) is 15.0 Å². The first-order valence-corrected chi connectivity index (χ1v) is 6.82. The second-order valence-corrected chi connectivity index (χ2v) is 4.99. The van der Waals surface area contributed by atoms with Crippen LogP contribution in [0.2, 0.25) is 0 Å². The maximum Gasteiger partial charge on any atom is 0.292 e. The first kappa shape index (κ1) is 15.1. The van der Waals surface area contributed by atoms with Crippen LogP contribution in [0.1, 0.15) is 12.8 Å². The average Bonchev–Trinajstić information content (AvgIpc) is 2.49. The Bertz CT molecular complexity index is 548. The molecular formula is C14H18N4O3. The van der Waals surface area contributed by atoms with Gasteiger partial charge in [-0.25, -0.2) is 0 Å². The maximum absolute atomic E-state index is 11.1. The highest BCUT2D eigenvalue weighted by atomic mass is 16.6. The Morgan fingerprint density at radius 3 is 2.81 bits per heavy atom. The molecule has 1 heterocycles. The number of anilines is 1. The monoisotopic (exact) mass is 290 g/mol. The van der Waals surface area contributed by atoms with Crippen LogP contribution in [0, 0.1) is 21.4 Å². The molecule has 0 amide bonds. The Balaban J connectivity index is 2.06. The van der Waals surface area contributed by atoms with Crippen molar-refractivity contribution in [3.63, 3.8) is 0 Å². The molecular weight excluding hydrogens is 272 g/mol. The molecule has 1 N–H and O–H groups in total. The number of hydrogen-bond donors (Lipinski definition) is 1. The van der Waals surface area contributed by atoms with Crippen LogP contribution in [-0.4, -0.2) is 42.6 Å². The third-order valence-electron chi connectivity index (χ3n) is 3.64. The van der Waals surface area contributed by atoms with Crippen LogP contribution in [0.25, 0.3) is 0 Å². The van der Waals surface area contributed by atoms with Crippen LogP contribution in [0.5, 0.6) is 5.75 Å². The summed E-state index contributed by atoms with van der Waals surface area (Å²) in [6, 6.07) is 7.00. The van der Waals surface area contributed by atoms with Gasteiger partial charge in [-0.1, -0.05) is 0 Å². The maximum atomic E-state index is 11.1. The first-order chi connectivity index (χ1) is 10.1. The number of nitro benzene ring substituents is 1. The molecule has 0 bridgehead atoms. The SMILES string of the molecule is COc1ccc([N+](=O)[O-])c(NC2CCN(CC#N)CC2)c1. The predicted octanol–water partition coefficient (Wildman–Crippen LogP) is 2.00. The molecule has 0 saturated carbocycles. The van der Waals surface area contributed by atoms with Crippen molar-refractivity contribution < 1.29 is 9.66 Å². The largest absolute Gasteiger partial charge is 0.497 e. The lowest BCUT2D eigenvalue weighted by atomic mass is 10.0. The van der Waals surface area contributed by atoms with E-state index in [2.05, 4.69) is 16.3 Å². The summed E-state index contributed by atoms with van der Waals surface area (Å²) in [6.07, 6.45) is 1.71. The van der Waals surface area contributed by atoms with Crippen LogP contribution in [0.15, 0.2) is 18.2 Å². The average molecular weight is 290 g/mol. The Hall–Kier alpha value is -2.33. The highest BCUT2D eigenvalue weighted by Crippen LogP contribution is 2.30. The smallest absolute Gasteiger partial charge is 0.292 e. The molecule has 1 aromatic rings. The summed E-state index contributed by atoms with van der Waals surface area (Å²) in [7, 11) is 1.53. The number of rotatable bonds is 5. The second kappa shape index (κ2) is 6.90. The van der Waals surface area contributed by atoms with Gasteiger partial charge >= 0.3 is 0 Å². The summed E-state index contributed by atoms with van der Waals surface area (Å²) in [5.41, 5.74) is 0.535. The number of likely N-dealkylation sites (tertiary alicyclic amines) is 1. The predicted molar refractivity (Wildman–Crippen MR) is 78.3 cm³/mol. The minimum absolute atomic E-state index is 0.0512. The van der Waals surface area contributed by atoms with Crippen LogP contribution < -0.4 is 10.1 Å². The zero-order valence-electron chi connectivity index (χ0n) is 11.9. The fourth-order valence-corrected chi connectivity index (χ4v) is 2.47. The van der Waals surface area contributed by atoms with Gasteiger partial charge in [0.25, 0.3) is 5.69 Å². The first-order valence-electron chi connectivity index (χ1n) is 6.82. The number of nitriles is 1. The number of nitrogens with one attached hydrogen (secondary N) is 1. The van der Waals surface area contributed by atoms with Crippen molar-refractivity contribution >= 4 is 11.4 Å². The number of nitro groups is 1. The van der Waals surface area contributed by atoms with E-state index in [-0.39, 0.29) is 11.7 Å². The molecule has 7 heteroatoms. The fraction of sp³-hybridized carbons (Fsp3) is 0.500. The van der Waals surface area contributed by atoms with Crippen molar-refractivity contribution in [3.05, 3.63) is 28.3 Å². The summed E-state index contributed by atoms with van der Waals surface area (Å²) in [5.74, 6) is 0.588. The lowest BCUT2D eigenvalue weighted by Crippen LogP contribution is -2.39. The lowest BCUT2D eigenvalue weighted by molar-refractivity contribution is -0.384. The molecule has 1 aliphatic rings. The molecule has 112 valence electrons. The lowest BCUT2D eigenvalue weighted by Gasteiger charge is -2.31. The van der Waals surface area contributed by atoms with Crippen LogP contribution in [0.3, 0.4) is 0 Å². The summed E-state index contributed by atoms with van der Waals surface area (Å²) in [4.78, 5) is 12.8. The highest BCUT2D eigenvalue weighted by molar-refractivity contribution is 5.64. The molecule has 0 radical (unpaired) electrons. The van der Waals surface area contributed by atoms with E-state index in [9.17, 15) is 10.1 Å². The molecule has 0 aromatic heterocycles. The number of nitrogens with zero attached hydrogens (tertiary/aromatic N) is 3. The van der Waals surface area contributed by atoms with E-state index in [4.69, 9.17) is 10.00 Å². The van der Waals surface area contributed by atoms with Crippen molar-refractivity contribution in [2.45, 2.75) is 18.9 Å². The van der Waals surface area contributed by atoms with Crippen LogP contribution in [0.4, 0.5) is 11.4 Å². The minimum atomic E-state index is -0.396. The van der Waals surface area contributed by atoms with Crippen LogP contribution in [-0.2, 0) is 0 Å². The number of methoxy groups -OCH3 is 1. The van der Waals surface area contributed by atoms with Gasteiger partial charge < -0.3 is 10.1 Å². The van der Waals surface area contributed by atoms with Gasteiger partial charge in [0.15, 0.2) is 0 Å². The molecule has 0 unspecified atom stereocenters. The topological polar surface area (TPSA) is 91.4 Å². The zero-order chi connectivity index (χ0) is 15.2. The summed E-state index contributed by atoms with van der Waals surface area (Å²) >= 11 is 0. The van der Waals surface area contributed by atoms with Gasteiger partial charge in [0.2, 0.25) is 0 Å². The third kappa shape index (κ3) is 3.83. The van der Waals surface area contributed by atoms with E-state index in [1.54, 1.807) is 12.1 Å². The van der Waals surface area contributed by atoms with Crippen molar-refractivity contribution in [1.82, 2.24) is 4.90 Å². The molecule has 1 aromatic carbocycles. The summed E-state index contributed by atoms with van der Waals surface area (Å²) in [6.45, 7) is 2.08. The van der Waals surface area contributed by atoms with Gasteiger partial charge in [-0.2, -0.15) is 5.26 Å². The Morgan fingerprint density at radius 1 is 1.52 bits per heavy atom. The molecule has 1 saturated heterocycles. The van der Waals surface area contributed by atoms with E-state index in [1.807, 2.05) is 0 Å². The van der Waals surface area contributed by atoms with Gasteiger partial charge in [0.05, 0.1) is 24.6 Å². The fourth-order valence-electron chi connectivity index (χ4n) is 2.47. The summed E-state index contributed by atoms with van der Waals surface area (Å²) < 4.78 is 5.12. The summed E-state index contributed by atoms with van der Waals surface area (Å²) in [5, 5.41) is 23.0. The van der Waals surface area contributed by atoms with Crippen molar-refractivity contribution in [2.75, 3.05) is 32.1 Å². The second-order valence-electron chi connectivity index (χ2n) is 4.99. The van der Waals surface area contributed by atoms with Crippen molar-refractivity contribution in [3.8, 4) is 11.8 Å². The van der Waals surface area contributed by atoms with Gasteiger partial charge in [-0.15, -0.1) is 0 Å². The Kier molecular flexibility index (Phi) is 4.95. The molecule has 0 atom stereocenters. The van der Waals surface area contributed by atoms with E-state index < -0.39 is 4.92 Å². The van der Waals surface area contributed by atoms with E-state index >= 15 is 0 Å². The normalized spacial score (nSPS) is 16.2. The molecule has 1 aliphatic heterocycles. The molecule has 2 rings (SSSR count). The number of hydrogen-bond acceptors (Lipinski definition) is 6. The molecule has 21 heavy (non-hydrogen) atoms. The standard InChI is InChI=1S/C14H18N4O3/c1-21-12-2-3-14(18(19)20)13(10-12)16-11-4-7-17(8-5-11)9-6-15/h2-3,10-11,16H,4-5,7-9H2,1H3. The van der Waals surface area contributed by atoms with E-state index in [1.165, 1.54) is 13.2 Å². The molecule has 0 spiro atoms. The highest BCUT2D eigenvalue weighted by Gasteiger charge is 2.22. The van der Waals surface area contributed by atoms with Crippen molar-refractivity contribution in [2.24, 2.45) is 0 Å². The van der Waals surface area contributed by atoms with Crippen LogP contribution >= 0.6 is 0 Å². The molecule has 1 fully saturated rings. The van der Waals surface area contributed by atoms with Gasteiger partial charge in [0, 0.05) is 31.3 Å². The molecule has 0 aliphatic carbocycles. The zero-order valence-corrected chi connectivity index (χ0v) is 11.9. The van der Waals surface area contributed by atoms with Gasteiger partial charge in [-0.05, 0) is 18.9 Å².